The monoisotopic (exact) mass is 333 g/mol. The molecule has 1 aromatic heterocycles. The van der Waals surface area contributed by atoms with Gasteiger partial charge in [0.15, 0.2) is 0 Å². The van der Waals surface area contributed by atoms with Gasteiger partial charge in [0.1, 0.15) is 5.69 Å². The van der Waals surface area contributed by atoms with Crippen molar-refractivity contribution in [3.05, 3.63) is 50.7 Å². The summed E-state index contributed by atoms with van der Waals surface area (Å²) in [4.78, 5) is 11.1. The molecule has 0 aliphatic rings. The van der Waals surface area contributed by atoms with Gasteiger partial charge in [-0.05, 0) is 40.2 Å². The number of hydrogen-bond acceptors (Lipinski definition) is 1. The number of benzene rings is 1. The third-order valence-electron chi connectivity index (χ3n) is 2.17. The first kappa shape index (κ1) is 12.5. The first-order valence-corrected chi connectivity index (χ1v) is 6.10. The molecular formula is C11H6BrCl2NO2. The Hall–Kier alpha value is -0.970. The molecular weight excluding hydrogens is 329 g/mol. The average Bonchev–Trinajstić information content (AvgIpc) is 2.60. The van der Waals surface area contributed by atoms with E-state index in [0.717, 1.165) is 0 Å². The highest BCUT2D eigenvalue weighted by Crippen LogP contribution is 2.27. The van der Waals surface area contributed by atoms with E-state index in [4.69, 9.17) is 28.3 Å². The van der Waals surface area contributed by atoms with Gasteiger partial charge in [-0.15, -0.1) is 0 Å². The molecule has 0 unspecified atom stereocenters. The van der Waals surface area contributed by atoms with E-state index in [9.17, 15) is 4.79 Å². The smallest absolute Gasteiger partial charge is 0.352 e. The van der Waals surface area contributed by atoms with Crippen LogP contribution < -0.4 is 0 Å². The van der Waals surface area contributed by atoms with Crippen LogP contribution in [0.25, 0.3) is 5.69 Å². The number of halogens is 3. The van der Waals surface area contributed by atoms with Crippen LogP contribution in [0, 0.1) is 0 Å². The first-order valence-electron chi connectivity index (χ1n) is 4.55. The van der Waals surface area contributed by atoms with Crippen LogP contribution in [0.3, 0.4) is 0 Å². The summed E-state index contributed by atoms with van der Waals surface area (Å²) >= 11 is 15.1. The largest absolute Gasteiger partial charge is 0.477 e. The summed E-state index contributed by atoms with van der Waals surface area (Å²) in [6.45, 7) is 0. The van der Waals surface area contributed by atoms with Gasteiger partial charge in [-0.25, -0.2) is 4.79 Å². The highest BCUT2D eigenvalue weighted by molar-refractivity contribution is 9.10. The van der Waals surface area contributed by atoms with E-state index in [0.29, 0.717) is 20.2 Å². The molecule has 0 bridgehead atoms. The van der Waals surface area contributed by atoms with Crippen LogP contribution in [0.1, 0.15) is 10.5 Å². The average molecular weight is 335 g/mol. The Balaban J connectivity index is 2.63. The molecule has 0 saturated heterocycles. The SMILES string of the molecule is O=C(O)c1cc(Br)cn1-c1ccc(Cl)cc1Cl. The van der Waals surface area contributed by atoms with E-state index in [2.05, 4.69) is 15.9 Å². The number of aromatic nitrogens is 1. The number of carboxylic acids is 1. The summed E-state index contributed by atoms with van der Waals surface area (Å²) in [5.74, 6) is -1.03. The molecule has 17 heavy (non-hydrogen) atoms. The molecule has 0 spiro atoms. The number of carbonyl (C=O) groups is 1. The third-order valence-corrected chi connectivity index (χ3v) is 3.15. The van der Waals surface area contributed by atoms with Crippen molar-refractivity contribution in [3.8, 4) is 5.69 Å². The normalized spacial score (nSPS) is 10.5. The molecule has 0 atom stereocenters. The second-order valence-electron chi connectivity index (χ2n) is 3.31. The number of aromatic carboxylic acids is 1. The van der Waals surface area contributed by atoms with Gasteiger partial charge in [0, 0.05) is 15.7 Å². The first-order chi connectivity index (χ1) is 7.99. The Bertz CT molecular complexity index is 595. The van der Waals surface area contributed by atoms with Crippen LogP contribution in [-0.4, -0.2) is 15.6 Å². The molecule has 0 radical (unpaired) electrons. The lowest BCUT2D eigenvalue weighted by Gasteiger charge is -2.08. The number of hydrogen-bond donors (Lipinski definition) is 1. The lowest BCUT2D eigenvalue weighted by atomic mass is 10.3. The van der Waals surface area contributed by atoms with Gasteiger partial charge >= 0.3 is 5.97 Å². The summed E-state index contributed by atoms with van der Waals surface area (Å²) in [6.07, 6.45) is 1.64. The number of carboxylic acid groups (broad SMARTS) is 1. The minimum atomic E-state index is -1.03. The standard InChI is InChI=1S/C11H6BrCl2NO2/c12-6-3-10(11(16)17)15(5-6)9-2-1-7(13)4-8(9)14/h1-5H,(H,16,17). The van der Waals surface area contributed by atoms with E-state index in [-0.39, 0.29) is 5.69 Å². The summed E-state index contributed by atoms with van der Waals surface area (Å²) < 4.78 is 2.16. The highest BCUT2D eigenvalue weighted by Gasteiger charge is 2.14. The van der Waals surface area contributed by atoms with Gasteiger partial charge in [0.25, 0.3) is 0 Å². The van der Waals surface area contributed by atoms with Crippen LogP contribution in [0.2, 0.25) is 10.0 Å². The van der Waals surface area contributed by atoms with Gasteiger partial charge in [-0.3, -0.25) is 0 Å². The van der Waals surface area contributed by atoms with E-state index in [1.807, 2.05) is 0 Å². The molecule has 0 saturated carbocycles. The van der Waals surface area contributed by atoms with Gasteiger partial charge in [0.05, 0.1) is 10.7 Å². The molecule has 1 heterocycles. The van der Waals surface area contributed by atoms with Crippen LogP contribution in [-0.2, 0) is 0 Å². The van der Waals surface area contributed by atoms with E-state index in [1.54, 1.807) is 24.4 Å². The van der Waals surface area contributed by atoms with Gasteiger partial charge in [0.2, 0.25) is 0 Å². The third kappa shape index (κ3) is 2.49. The van der Waals surface area contributed by atoms with Gasteiger partial charge in [-0.1, -0.05) is 23.2 Å². The molecule has 2 rings (SSSR count). The fourth-order valence-electron chi connectivity index (χ4n) is 1.47. The van der Waals surface area contributed by atoms with Crippen molar-refractivity contribution in [1.82, 2.24) is 4.57 Å². The molecule has 88 valence electrons. The van der Waals surface area contributed by atoms with Crippen molar-refractivity contribution >= 4 is 45.1 Å². The Labute approximate surface area is 116 Å². The van der Waals surface area contributed by atoms with Crippen molar-refractivity contribution in [1.29, 1.82) is 0 Å². The highest BCUT2D eigenvalue weighted by atomic mass is 79.9. The van der Waals surface area contributed by atoms with Crippen LogP contribution in [0.15, 0.2) is 34.9 Å². The Morgan fingerprint density at radius 2 is 2.00 bits per heavy atom. The van der Waals surface area contributed by atoms with Crippen molar-refractivity contribution in [2.75, 3.05) is 0 Å². The minimum Gasteiger partial charge on any atom is -0.477 e. The molecule has 6 heteroatoms. The summed E-state index contributed by atoms with van der Waals surface area (Å²) in [5, 5.41) is 9.97. The number of nitrogens with zero attached hydrogens (tertiary/aromatic N) is 1. The van der Waals surface area contributed by atoms with Crippen LogP contribution in [0.4, 0.5) is 0 Å². The van der Waals surface area contributed by atoms with E-state index < -0.39 is 5.97 Å². The van der Waals surface area contributed by atoms with Crippen LogP contribution >= 0.6 is 39.1 Å². The topological polar surface area (TPSA) is 42.2 Å². The van der Waals surface area contributed by atoms with Crippen molar-refractivity contribution in [3.63, 3.8) is 0 Å². The molecule has 0 fully saturated rings. The fraction of sp³-hybridized carbons (Fsp3) is 0. The van der Waals surface area contributed by atoms with Crippen molar-refractivity contribution in [2.24, 2.45) is 0 Å². The molecule has 1 aromatic carbocycles. The zero-order valence-corrected chi connectivity index (χ0v) is 11.4. The van der Waals surface area contributed by atoms with E-state index in [1.165, 1.54) is 10.6 Å². The minimum absolute atomic E-state index is 0.126. The van der Waals surface area contributed by atoms with Gasteiger partial charge in [-0.2, -0.15) is 0 Å². The maximum atomic E-state index is 11.1. The molecule has 0 amide bonds. The molecule has 2 aromatic rings. The lowest BCUT2D eigenvalue weighted by Crippen LogP contribution is -2.05. The second kappa shape index (κ2) is 4.72. The zero-order chi connectivity index (χ0) is 12.6. The van der Waals surface area contributed by atoms with Crippen molar-refractivity contribution < 1.29 is 9.90 Å². The predicted molar refractivity (Wildman–Crippen MR) is 70.4 cm³/mol. The van der Waals surface area contributed by atoms with Gasteiger partial charge < -0.3 is 9.67 Å². The van der Waals surface area contributed by atoms with E-state index >= 15 is 0 Å². The zero-order valence-electron chi connectivity index (χ0n) is 8.32. The Morgan fingerprint density at radius 3 is 2.59 bits per heavy atom. The molecule has 0 aliphatic heterocycles. The second-order valence-corrected chi connectivity index (χ2v) is 5.07. The lowest BCUT2D eigenvalue weighted by molar-refractivity contribution is 0.0688. The van der Waals surface area contributed by atoms with Crippen molar-refractivity contribution in [2.45, 2.75) is 0 Å². The predicted octanol–water partition coefficient (Wildman–Crippen LogP) is 4.24. The maximum Gasteiger partial charge on any atom is 0.352 e. The quantitative estimate of drug-likeness (QED) is 0.892. The summed E-state index contributed by atoms with van der Waals surface area (Å²) in [5.41, 5.74) is 0.695. The molecule has 1 N–H and O–H groups in total. The Morgan fingerprint density at radius 1 is 1.29 bits per heavy atom. The Kier molecular flexibility index (Phi) is 3.47. The summed E-state index contributed by atoms with van der Waals surface area (Å²) in [7, 11) is 0. The summed E-state index contributed by atoms with van der Waals surface area (Å²) in [6, 6.07) is 6.40. The molecule has 3 nitrogen and oxygen atoms in total. The maximum absolute atomic E-state index is 11.1. The van der Waals surface area contributed by atoms with Crippen LogP contribution in [0.5, 0.6) is 0 Å². The fourth-order valence-corrected chi connectivity index (χ4v) is 2.39. The number of rotatable bonds is 2. The molecule has 0 aliphatic carbocycles.